The van der Waals surface area contributed by atoms with Gasteiger partial charge in [-0.3, -0.25) is 0 Å². The third kappa shape index (κ3) is 2.67. The summed E-state index contributed by atoms with van der Waals surface area (Å²) >= 11 is 0. The first-order chi connectivity index (χ1) is 13.5. The summed E-state index contributed by atoms with van der Waals surface area (Å²) in [6, 6.07) is 11.4. The van der Waals surface area contributed by atoms with Crippen molar-refractivity contribution < 1.29 is 8.81 Å². The molecule has 0 spiro atoms. The molecule has 6 nitrogen and oxygen atoms in total. The van der Waals surface area contributed by atoms with Gasteiger partial charge in [-0.15, -0.1) is 0 Å². The van der Waals surface area contributed by atoms with Crippen LogP contribution in [0.25, 0.3) is 21.5 Å². The summed E-state index contributed by atoms with van der Waals surface area (Å²) in [4.78, 5) is 7.74. The minimum Gasteiger partial charge on any atom is -0.461 e. The highest BCUT2D eigenvalue weighted by molar-refractivity contribution is 5.88. The van der Waals surface area contributed by atoms with Gasteiger partial charge in [0.15, 0.2) is 0 Å². The topological polar surface area (TPSA) is 92.2 Å². The Labute approximate surface area is 160 Å². The Kier molecular flexibility index (Phi) is 4.06. The predicted octanol–water partition coefficient (Wildman–Crippen LogP) is 4.32. The van der Waals surface area contributed by atoms with Gasteiger partial charge < -0.3 is 15.5 Å². The van der Waals surface area contributed by atoms with Gasteiger partial charge in [-0.05, 0) is 36.8 Å². The summed E-state index contributed by atoms with van der Waals surface area (Å²) in [6.07, 6.45) is 1.54. The van der Waals surface area contributed by atoms with Gasteiger partial charge in [0.05, 0.1) is 29.5 Å². The molecule has 2 aromatic heterocycles. The summed E-state index contributed by atoms with van der Waals surface area (Å²) in [7, 11) is 0. The molecule has 0 radical (unpaired) electrons. The number of nitrogens with two attached hydrogens (primary N) is 1. The van der Waals surface area contributed by atoms with Gasteiger partial charge in [-0.1, -0.05) is 12.1 Å². The maximum absolute atomic E-state index is 13.3. The summed E-state index contributed by atoms with van der Waals surface area (Å²) < 4.78 is 19.3. The van der Waals surface area contributed by atoms with E-state index in [0.717, 1.165) is 0 Å². The van der Waals surface area contributed by atoms with E-state index in [0.29, 0.717) is 50.8 Å². The molecule has 1 aliphatic heterocycles. The van der Waals surface area contributed by atoms with Crippen molar-refractivity contribution in [2.45, 2.75) is 12.8 Å². The van der Waals surface area contributed by atoms with E-state index >= 15 is 0 Å². The Morgan fingerprint density at radius 1 is 1.32 bits per heavy atom. The van der Waals surface area contributed by atoms with E-state index in [1.165, 1.54) is 18.3 Å². The lowest BCUT2D eigenvalue weighted by atomic mass is 9.87. The van der Waals surface area contributed by atoms with Gasteiger partial charge in [0.25, 0.3) is 0 Å². The lowest BCUT2D eigenvalue weighted by Crippen LogP contribution is -2.23. The van der Waals surface area contributed by atoms with Gasteiger partial charge in [0.2, 0.25) is 5.70 Å². The third-order valence-corrected chi connectivity index (χ3v) is 4.69. The van der Waals surface area contributed by atoms with Crippen molar-refractivity contribution in [1.82, 2.24) is 10.3 Å². The number of hydrogen-bond acceptors (Lipinski definition) is 5. The van der Waals surface area contributed by atoms with E-state index < -0.39 is 5.92 Å². The number of allylic oxidation sites excluding steroid dienone is 2. The van der Waals surface area contributed by atoms with Crippen LogP contribution < -0.4 is 11.1 Å². The Morgan fingerprint density at radius 2 is 2.07 bits per heavy atom. The Balaban J connectivity index is 1.95. The summed E-state index contributed by atoms with van der Waals surface area (Å²) in [5, 5.41) is 13.5. The highest BCUT2D eigenvalue weighted by Crippen LogP contribution is 2.43. The van der Waals surface area contributed by atoms with Crippen LogP contribution in [-0.4, -0.2) is 4.98 Å². The molecule has 1 aromatic carbocycles. The van der Waals surface area contributed by atoms with Gasteiger partial charge >= 0.3 is 0 Å². The second-order valence-electron chi connectivity index (χ2n) is 6.34. The van der Waals surface area contributed by atoms with Crippen molar-refractivity contribution in [1.29, 1.82) is 5.26 Å². The molecule has 1 atom stereocenters. The average Bonchev–Trinajstić information content (AvgIpc) is 3.13. The number of pyridine rings is 1. The molecule has 3 N–H and O–H groups in total. The van der Waals surface area contributed by atoms with E-state index in [1.54, 1.807) is 31.2 Å². The predicted molar refractivity (Wildman–Crippen MR) is 103 cm³/mol. The molecule has 0 fully saturated rings. The van der Waals surface area contributed by atoms with E-state index in [2.05, 4.69) is 21.2 Å². The second kappa shape index (κ2) is 6.57. The molecule has 3 aromatic rings. The van der Waals surface area contributed by atoms with Crippen molar-refractivity contribution in [2.75, 3.05) is 5.73 Å². The number of aromatic nitrogens is 1. The van der Waals surface area contributed by atoms with Crippen molar-refractivity contribution in [3.05, 3.63) is 88.1 Å². The first-order valence-electron chi connectivity index (χ1n) is 8.43. The average molecular weight is 371 g/mol. The van der Waals surface area contributed by atoms with Crippen LogP contribution in [0.3, 0.4) is 0 Å². The number of nitrogens with zero attached hydrogens (tertiary/aromatic N) is 3. The standard InChI is InChI=1S/C21H14FN5O/c1-11-15(10-23)18(17-9-14-16(28-17)7-8-26-21(14)24)20(25-2)19(27-11)12-3-5-13(22)6-4-12/h3-9,18,27H,1H3,(H2,24,26). The zero-order valence-corrected chi connectivity index (χ0v) is 14.8. The molecule has 0 saturated carbocycles. The molecule has 0 saturated heterocycles. The molecule has 0 aliphatic carbocycles. The van der Waals surface area contributed by atoms with E-state index in [-0.39, 0.29) is 5.82 Å². The number of fused-ring (bicyclic) bond motifs is 1. The molecule has 1 aliphatic rings. The molecule has 1 unspecified atom stereocenters. The fourth-order valence-corrected chi connectivity index (χ4v) is 3.34. The number of nitrogens with one attached hydrogen (secondary N) is 1. The van der Waals surface area contributed by atoms with Gasteiger partial charge in [0.1, 0.15) is 23.0 Å². The second-order valence-corrected chi connectivity index (χ2v) is 6.34. The fraction of sp³-hybridized carbons (Fsp3) is 0.0952. The number of anilines is 1. The number of hydrogen-bond donors (Lipinski definition) is 2. The maximum atomic E-state index is 13.3. The monoisotopic (exact) mass is 371 g/mol. The van der Waals surface area contributed by atoms with Crippen molar-refractivity contribution in [3.8, 4) is 6.07 Å². The lowest BCUT2D eigenvalue weighted by molar-refractivity contribution is 0.537. The highest BCUT2D eigenvalue weighted by Gasteiger charge is 2.34. The fourth-order valence-electron chi connectivity index (χ4n) is 3.34. The number of halogens is 1. The number of dihydropyridines is 1. The molecule has 4 rings (SSSR count). The Hall–Kier alpha value is -4.10. The molecule has 28 heavy (non-hydrogen) atoms. The molecule has 3 heterocycles. The van der Waals surface area contributed by atoms with Crippen molar-refractivity contribution in [2.24, 2.45) is 0 Å². The minimum absolute atomic E-state index is 0.291. The SMILES string of the molecule is [C-]#[N+]C1=C(c2ccc(F)cc2)NC(C)=C(C#N)C1c1cc2c(N)nccc2o1. The number of nitriles is 1. The summed E-state index contributed by atoms with van der Waals surface area (Å²) in [5.41, 5.74) is 8.89. The Morgan fingerprint density at radius 3 is 2.71 bits per heavy atom. The number of rotatable bonds is 2. The maximum Gasteiger partial charge on any atom is 0.204 e. The first kappa shape index (κ1) is 17.3. The van der Waals surface area contributed by atoms with E-state index in [9.17, 15) is 9.65 Å². The lowest BCUT2D eigenvalue weighted by Gasteiger charge is -2.26. The minimum atomic E-state index is -0.699. The van der Waals surface area contributed by atoms with Gasteiger partial charge in [0, 0.05) is 17.6 Å². The normalized spacial score (nSPS) is 16.6. The quantitative estimate of drug-likeness (QED) is 0.655. The van der Waals surface area contributed by atoms with E-state index in [1.807, 2.05) is 0 Å². The highest BCUT2D eigenvalue weighted by atomic mass is 19.1. The zero-order chi connectivity index (χ0) is 19.8. The van der Waals surface area contributed by atoms with Crippen molar-refractivity contribution in [3.63, 3.8) is 0 Å². The van der Waals surface area contributed by atoms with Crippen molar-refractivity contribution >= 4 is 22.5 Å². The largest absolute Gasteiger partial charge is 0.461 e. The van der Waals surface area contributed by atoms with Crippen LogP contribution in [0, 0.1) is 23.7 Å². The first-order valence-corrected chi connectivity index (χ1v) is 8.43. The molecule has 136 valence electrons. The molecule has 0 amide bonds. The smallest absolute Gasteiger partial charge is 0.204 e. The third-order valence-electron chi connectivity index (χ3n) is 4.69. The Bertz CT molecular complexity index is 1240. The molecular formula is C21H14FN5O. The van der Waals surface area contributed by atoms with Crippen LogP contribution in [-0.2, 0) is 0 Å². The van der Waals surface area contributed by atoms with Crippen LogP contribution in [0.2, 0.25) is 0 Å². The van der Waals surface area contributed by atoms with Gasteiger partial charge in [-0.2, -0.15) is 5.26 Å². The van der Waals surface area contributed by atoms with Gasteiger partial charge in [-0.25, -0.2) is 14.2 Å². The van der Waals surface area contributed by atoms with Crippen LogP contribution in [0.5, 0.6) is 0 Å². The number of furan rings is 1. The molecule has 0 bridgehead atoms. The molecular weight excluding hydrogens is 357 g/mol. The number of benzene rings is 1. The van der Waals surface area contributed by atoms with E-state index in [4.69, 9.17) is 16.7 Å². The number of nitrogen functional groups attached to an aromatic ring is 1. The van der Waals surface area contributed by atoms with Crippen LogP contribution in [0.1, 0.15) is 24.2 Å². The van der Waals surface area contributed by atoms with Crippen LogP contribution in [0.15, 0.2) is 64.0 Å². The zero-order valence-electron chi connectivity index (χ0n) is 14.8. The van der Waals surface area contributed by atoms with Crippen LogP contribution in [0.4, 0.5) is 10.2 Å². The van der Waals surface area contributed by atoms with Crippen LogP contribution >= 0.6 is 0 Å². The molecule has 7 heteroatoms. The summed E-state index contributed by atoms with van der Waals surface area (Å²) in [6.45, 7) is 9.51. The summed E-state index contributed by atoms with van der Waals surface area (Å²) in [5.74, 6) is -0.327.